The number of alkyl halides is 1. The number of nitrogens with zero attached hydrogens (tertiary/aromatic N) is 1. The van der Waals surface area contributed by atoms with Gasteiger partial charge in [-0.15, -0.1) is 0 Å². The van der Waals surface area contributed by atoms with Crippen LogP contribution < -0.4 is 14.2 Å². The summed E-state index contributed by atoms with van der Waals surface area (Å²) in [6, 6.07) is 12.3. The van der Waals surface area contributed by atoms with E-state index in [0.717, 1.165) is 5.56 Å². The van der Waals surface area contributed by atoms with E-state index in [0.29, 0.717) is 53.3 Å². The number of carbonyl (C=O) groups is 1. The van der Waals surface area contributed by atoms with Crippen molar-refractivity contribution < 1.29 is 27.8 Å². The van der Waals surface area contributed by atoms with E-state index in [4.69, 9.17) is 18.6 Å². The van der Waals surface area contributed by atoms with Gasteiger partial charge in [-0.05, 0) is 36.2 Å². The Morgan fingerprint density at radius 3 is 2.66 bits per heavy atom. The number of ketones is 1. The Bertz CT molecular complexity index is 1030. The molecule has 1 heterocycles. The normalized spacial score (nSPS) is 10.9. The summed E-state index contributed by atoms with van der Waals surface area (Å²) < 4.78 is 34.6. The van der Waals surface area contributed by atoms with Gasteiger partial charge in [-0.1, -0.05) is 26.0 Å². The molecule has 0 radical (unpaired) electrons. The van der Waals surface area contributed by atoms with Crippen molar-refractivity contribution in [2.75, 3.05) is 27.0 Å². The Kier molecular flexibility index (Phi) is 8.25. The van der Waals surface area contributed by atoms with E-state index in [2.05, 4.69) is 18.8 Å². The second kappa shape index (κ2) is 11.3. The van der Waals surface area contributed by atoms with Gasteiger partial charge in [0.15, 0.2) is 17.3 Å². The average Bonchev–Trinajstić information content (AvgIpc) is 3.29. The zero-order chi connectivity index (χ0) is 22.9. The maximum Gasteiger partial charge on any atom is 0.226 e. The predicted molar refractivity (Wildman–Crippen MR) is 119 cm³/mol. The molecule has 170 valence electrons. The first-order valence-corrected chi connectivity index (χ1v) is 10.6. The van der Waals surface area contributed by atoms with Crippen molar-refractivity contribution in [3.05, 3.63) is 60.0 Å². The minimum atomic E-state index is -0.611. The molecule has 7 heteroatoms. The molecule has 0 aliphatic rings. The van der Waals surface area contributed by atoms with Crippen molar-refractivity contribution in [1.82, 2.24) is 4.98 Å². The van der Waals surface area contributed by atoms with Gasteiger partial charge in [0.1, 0.15) is 25.3 Å². The minimum Gasteiger partial charge on any atom is -0.493 e. The Balaban J connectivity index is 1.68. The molecule has 1 aromatic heterocycles. The fourth-order valence-corrected chi connectivity index (χ4v) is 3.08. The molecule has 0 aliphatic carbocycles. The van der Waals surface area contributed by atoms with Crippen LogP contribution in [-0.2, 0) is 6.42 Å². The topological polar surface area (TPSA) is 70.8 Å². The lowest BCUT2D eigenvalue weighted by molar-refractivity contribution is 0.0978. The lowest BCUT2D eigenvalue weighted by Gasteiger charge is -2.13. The largest absolute Gasteiger partial charge is 0.493 e. The van der Waals surface area contributed by atoms with Crippen molar-refractivity contribution in [2.45, 2.75) is 26.7 Å². The summed E-state index contributed by atoms with van der Waals surface area (Å²) in [4.78, 5) is 17.2. The van der Waals surface area contributed by atoms with Gasteiger partial charge >= 0.3 is 0 Å². The molecule has 0 fully saturated rings. The Hall–Kier alpha value is -3.35. The number of methoxy groups -OCH3 is 1. The highest BCUT2D eigenvalue weighted by Gasteiger charge is 2.15. The Morgan fingerprint density at radius 2 is 1.91 bits per heavy atom. The smallest absolute Gasteiger partial charge is 0.226 e. The maximum atomic E-state index is 12.7. The molecule has 0 spiro atoms. The van der Waals surface area contributed by atoms with Crippen LogP contribution in [0, 0.1) is 5.92 Å². The molecule has 0 N–H and O–H groups in total. The summed E-state index contributed by atoms with van der Waals surface area (Å²) in [7, 11) is 1.60. The van der Waals surface area contributed by atoms with Crippen LogP contribution in [0.1, 0.15) is 36.3 Å². The zero-order valence-corrected chi connectivity index (χ0v) is 18.6. The van der Waals surface area contributed by atoms with Gasteiger partial charge in [0.2, 0.25) is 5.89 Å². The molecule has 0 amide bonds. The number of rotatable bonds is 12. The number of aryl methyl sites for hydroxylation is 1. The number of hydrogen-bond donors (Lipinski definition) is 0. The van der Waals surface area contributed by atoms with Gasteiger partial charge in [0.05, 0.1) is 25.0 Å². The predicted octanol–water partition coefficient (Wildman–Crippen LogP) is 5.55. The van der Waals surface area contributed by atoms with E-state index >= 15 is 0 Å². The quantitative estimate of drug-likeness (QED) is 0.343. The van der Waals surface area contributed by atoms with E-state index in [1.807, 2.05) is 18.2 Å². The third kappa shape index (κ3) is 6.09. The van der Waals surface area contributed by atoms with Crippen molar-refractivity contribution in [1.29, 1.82) is 0 Å². The molecular weight excluding hydrogens is 413 g/mol. The number of aromatic nitrogens is 1. The SMILES string of the molecule is COc1ccc(-c2nc(CCC(=O)c3ccccc3OCCF)co2)cc1OCC(C)C. The monoisotopic (exact) mass is 441 g/mol. The molecule has 3 aromatic rings. The molecule has 2 aromatic carbocycles. The molecule has 0 unspecified atom stereocenters. The van der Waals surface area contributed by atoms with Gasteiger partial charge < -0.3 is 18.6 Å². The first-order chi connectivity index (χ1) is 15.5. The highest BCUT2D eigenvalue weighted by atomic mass is 19.1. The number of oxazole rings is 1. The van der Waals surface area contributed by atoms with Crippen LogP contribution in [-0.4, -0.2) is 37.8 Å². The fourth-order valence-electron chi connectivity index (χ4n) is 3.08. The van der Waals surface area contributed by atoms with Crippen molar-refractivity contribution in [3.63, 3.8) is 0 Å². The summed E-state index contributed by atoms with van der Waals surface area (Å²) in [5.74, 6) is 2.37. The van der Waals surface area contributed by atoms with E-state index < -0.39 is 6.67 Å². The standard InChI is InChI=1S/C25H28FNO5/c1-17(2)15-31-24-14-18(8-11-23(24)29-3)25-27-19(16-32-25)9-10-21(28)20-6-4-5-7-22(20)30-13-12-26/h4-8,11,14,16-17H,9-10,12-13,15H2,1-3H3. The first-order valence-electron chi connectivity index (χ1n) is 10.6. The lowest BCUT2D eigenvalue weighted by Crippen LogP contribution is -2.07. The van der Waals surface area contributed by atoms with Crippen molar-refractivity contribution >= 4 is 5.78 Å². The molecule has 0 saturated carbocycles. The molecule has 0 saturated heterocycles. The summed E-state index contributed by atoms with van der Waals surface area (Å²) >= 11 is 0. The minimum absolute atomic E-state index is 0.0817. The number of carbonyl (C=O) groups excluding carboxylic acids is 1. The highest BCUT2D eigenvalue weighted by Crippen LogP contribution is 2.32. The third-order valence-electron chi connectivity index (χ3n) is 4.66. The van der Waals surface area contributed by atoms with Gasteiger partial charge in [0, 0.05) is 18.4 Å². The number of para-hydroxylation sites is 1. The molecule has 0 aliphatic heterocycles. The number of halogens is 1. The first kappa shape index (κ1) is 23.3. The fraction of sp³-hybridized carbons (Fsp3) is 0.360. The second-order valence-electron chi connectivity index (χ2n) is 7.67. The summed E-state index contributed by atoms with van der Waals surface area (Å²) in [5, 5.41) is 0. The highest BCUT2D eigenvalue weighted by molar-refractivity contribution is 5.98. The molecule has 32 heavy (non-hydrogen) atoms. The molecular formula is C25H28FNO5. The van der Waals surface area contributed by atoms with E-state index in [1.54, 1.807) is 37.6 Å². The van der Waals surface area contributed by atoms with Crippen LogP contribution in [0.5, 0.6) is 17.2 Å². The lowest BCUT2D eigenvalue weighted by atomic mass is 10.0. The van der Waals surface area contributed by atoms with Gasteiger partial charge in [-0.2, -0.15) is 0 Å². The second-order valence-corrected chi connectivity index (χ2v) is 7.67. The third-order valence-corrected chi connectivity index (χ3v) is 4.66. The number of benzene rings is 2. The van der Waals surface area contributed by atoms with Gasteiger partial charge in [-0.3, -0.25) is 4.79 Å². The Morgan fingerprint density at radius 1 is 1.09 bits per heavy atom. The summed E-state index contributed by atoms with van der Waals surface area (Å²) in [6.45, 7) is 4.02. The van der Waals surface area contributed by atoms with Gasteiger partial charge in [0.25, 0.3) is 0 Å². The van der Waals surface area contributed by atoms with Gasteiger partial charge in [-0.25, -0.2) is 9.37 Å². The Labute approximate surface area is 187 Å². The van der Waals surface area contributed by atoms with Crippen LogP contribution in [0.2, 0.25) is 0 Å². The molecule has 0 atom stereocenters. The zero-order valence-electron chi connectivity index (χ0n) is 18.6. The van der Waals surface area contributed by atoms with E-state index in [9.17, 15) is 9.18 Å². The van der Waals surface area contributed by atoms with Crippen LogP contribution >= 0.6 is 0 Å². The maximum absolute atomic E-state index is 12.7. The molecule has 6 nitrogen and oxygen atoms in total. The van der Waals surface area contributed by atoms with Crippen molar-refractivity contribution in [2.24, 2.45) is 5.92 Å². The molecule has 3 rings (SSSR count). The molecule has 0 bridgehead atoms. The van der Waals surface area contributed by atoms with Crippen LogP contribution in [0.4, 0.5) is 4.39 Å². The van der Waals surface area contributed by atoms with Crippen LogP contribution in [0.25, 0.3) is 11.5 Å². The van der Waals surface area contributed by atoms with Crippen molar-refractivity contribution in [3.8, 4) is 28.7 Å². The number of hydrogen-bond acceptors (Lipinski definition) is 6. The number of Topliss-reactive ketones (excluding diaryl/α,β-unsaturated/α-hetero) is 1. The summed E-state index contributed by atoms with van der Waals surface area (Å²) in [6.07, 6.45) is 2.19. The van der Waals surface area contributed by atoms with E-state index in [1.165, 1.54) is 0 Å². The van der Waals surface area contributed by atoms with Crippen LogP contribution in [0.15, 0.2) is 53.1 Å². The average molecular weight is 441 g/mol. The summed E-state index contributed by atoms with van der Waals surface area (Å²) in [5.41, 5.74) is 1.86. The number of ether oxygens (including phenoxy) is 3. The van der Waals surface area contributed by atoms with E-state index in [-0.39, 0.29) is 18.8 Å². The van der Waals surface area contributed by atoms with Crippen LogP contribution in [0.3, 0.4) is 0 Å².